The third-order valence-corrected chi connectivity index (χ3v) is 2.06. The van der Waals surface area contributed by atoms with Crippen LogP contribution in [-0.2, 0) is 0 Å². The molecule has 3 N–H and O–H groups in total. The average molecular weight is 207 g/mol. The summed E-state index contributed by atoms with van der Waals surface area (Å²) in [6.45, 7) is 1.17. The molecule has 0 saturated carbocycles. The van der Waals surface area contributed by atoms with Crippen LogP contribution in [0.1, 0.15) is 0 Å². The molecule has 5 nitrogen and oxygen atoms in total. The highest BCUT2D eigenvalue weighted by atomic mass is 16.6. The van der Waals surface area contributed by atoms with E-state index < -0.39 is 0 Å². The molecule has 0 bridgehead atoms. The minimum absolute atomic E-state index is 0.367. The Morgan fingerprint density at radius 1 is 1.33 bits per heavy atom. The van der Waals surface area contributed by atoms with Crippen LogP contribution in [0, 0.1) is 0 Å². The van der Waals surface area contributed by atoms with Crippen LogP contribution in [0.4, 0.5) is 5.69 Å². The minimum Gasteiger partial charge on any atom is -0.486 e. The maximum atomic E-state index is 5.55. The van der Waals surface area contributed by atoms with Crippen LogP contribution in [0.3, 0.4) is 0 Å². The summed E-state index contributed by atoms with van der Waals surface area (Å²) in [6.07, 6.45) is 0. The van der Waals surface area contributed by atoms with E-state index >= 15 is 0 Å². The van der Waals surface area contributed by atoms with Crippen LogP contribution in [0.15, 0.2) is 23.2 Å². The normalized spacial score (nSPS) is 14.9. The molecule has 1 aromatic carbocycles. The fourth-order valence-corrected chi connectivity index (χ4v) is 1.32. The molecular weight excluding hydrogens is 194 g/mol. The quantitative estimate of drug-likeness (QED) is 0.528. The number of rotatable bonds is 1. The van der Waals surface area contributed by atoms with Gasteiger partial charge in [0.05, 0.1) is 0 Å². The van der Waals surface area contributed by atoms with Crippen molar-refractivity contribution in [3.05, 3.63) is 18.2 Å². The number of aliphatic imine (C=N–C) groups is 1. The number of anilines is 1. The van der Waals surface area contributed by atoms with Crippen LogP contribution in [-0.4, -0.2) is 26.2 Å². The SMILES string of the molecule is CN=C(N)Nc1ccc2c(c1)OCCO2. The van der Waals surface area contributed by atoms with E-state index in [4.69, 9.17) is 15.2 Å². The molecule has 80 valence electrons. The van der Waals surface area contributed by atoms with Crippen molar-refractivity contribution in [2.75, 3.05) is 25.6 Å². The summed E-state index contributed by atoms with van der Waals surface area (Å²) < 4.78 is 10.8. The smallest absolute Gasteiger partial charge is 0.192 e. The number of hydrogen-bond donors (Lipinski definition) is 2. The van der Waals surface area contributed by atoms with Crippen LogP contribution in [0.5, 0.6) is 11.5 Å². The lowest BCUT2D eigenvalue weighted by molar-refractivity contribution is 0.171. The molecule has 2 rings (SSSR count). The third kappa shape index (κ3) is 2.12. The lowest BCUT2D eigenvalue weighted by Crippen LogP contribution is -2.22. The second kappa shape index (κ2) is 4.08. The van der Waals surface area contributed by atoms with Gasteiger partial charge in [-0.05, 0) is 12.1 Å². The molecular formula is C10H13N3O2. The topological polar surface area (TPSA) is 68.9 Å². The van der Waals surface area contributed by atoms with Gasteiger partial charge in [-0.3, -0.25) is 4.99 Å². The zero-order chi connectivity index (χ0) is 10.7. The maximum absolute atomic E-state index is 5.55. The Morgan fingerprint density at radius 2 is 2.07 bits per heavy atom. The zero-order valence-electron chi connectivity index (χ0n) is 8.49. The largest absolute Gasteiger partial charge is 0.486 e. The van der Waals surface area contributed by atoms with Gasteiger partial charge in [-0.25, -0.2) is 0 Å². The van der Waals surface area contributed by atoms with Crippen molar-refractivity contribution in [2.24, 2.45) is 10.7 Å². The van der Waals surface area contributed by atoms with Crippen LogP contribution in [0.25, 0.3) is 0 Å². The van der Waals surface area contributed by atoms with Crippen molar-refractivity contribution in [1.82, 2.24) is 0 Å². The summed E-state index contributed by atoms with van der Waals surface area (Å²) in [7, 11) is 1.63. The molecule has 0 aromatic heterocycles. The van der Waals surface area contributed by atoms with Crippen LogP contribution in [0.2, 0.25) is 0 Å². The van der Waals surface area contributed by atoms with E-state index in [-0.39, 0.29) is 0 Å². The molecule has 0 saturated heterocycles. The molecule has 0 radical (unpaired) electrons. The standard InChI is InChI=1S/C10H13N3O2/c1-12-10(11)13-7-2-3-8-9(6-7)15-5-4-14-8/h2-3,6H,4-5H2,1H3,(H3,11,12,13). The Morgan fingerprint density at radius 3 is 2.80 bits per heavy atom. The van der Waals surface area contributed by atoms with Gasteiger partial charge in [0.2, 0.25) is 0 Å². The summed E-state index contributed by atoms with van der Waals surface area (Å²) in [5.74, 6) is 1.86. The van der Waals surface area contributed by atoms with E-state index in [0.29, 0.717) is 19.2 Å². The van der Waals surface area contributed by atoms with Gasteiger partial charge in [-0.1, -0.05) is 0 Å². The third-order valence-electron chi connectivity index (χ3n) is 2.06. The first-order valence-electron chi connectivity index (χ1n) is 4.68. The summed E-state index contributed by atoms with van der Waals surface area (Å²) >= 11 is 0. The highest BCUT2D eigenvalue weighted by molar-refractivity contribution is 5.92. The summed E-state index contributed by atoms with van der Waals surface area (Å²) in [4.78, 5) is 3.81. The van der Waals surface area contributed by atoms with Gasteiger partial charge in [-0.2, -0.15) is 0 Å². The molecule has 15 heavy (non-hydrogen) atoms. The molecule has 1 aliphatic rings. The van der Waals surface area contributed by atoms with Crippen molar-refractivity contribution >= 4 is 11.6 Å². The lowest BCUT2D eigenvalue weighted by atomic mass is 10.2. The van der Waals surface area contributed by atoms with Crippen molar-refractivity contribution in [3.63, 3.8) is 0 Å². The molecule has 5 heteroatoms. The molecule has 0 amide bonds. The van der Waals surface area contributed by atoms with Crippen LogP contribution >= 0.6 is 0 Å². The van der Waals surface area contributed by atoms with E-state index in [0.717, 1.165) is 17.2 Å². The number of ether oxygens (including phenoxy) is 2. The number of guanidine groups is 1. The average Bonchev–Trinajstić information content (AvgIpc) is 2.29. The second-order valence-electron chi connectivity index (χ2n) is 3.09. The van der Waals surface area contributed by atoms with Gasteiger partial charge in [0, 0.05) is 18.8 Å². The van der Waals surface area contributed by atoms with Gasteiger partial charge >= 0.3 is 0 Å². The van der Waals surface area contributed by atoms with Crippen molar-refractivity contribution in [2.45, 2.75) is 0 Å². The van der Waals surface area contributed by atoms with Crippen molar-refractivity contribution in [1.29, 1.82) is 0 Å². The van der Waals surface area contributed by atoms with Crippen molar-refractivity contribution in [3.8, 4) is 11.5 Å². The van der Waals surface area contributed by atoms with Gasteiger partial charge in [0.25, 0.3) is 0 Å². The summed E-state index contributed by atoms with van der Waals surface area (Å²) in [5, 5.41) is 2.93. The van der Waals surface area contributed by atoms with Crippen molar-refractivity contribution < 1.29 is 9.47 Å². The Bertz CT molecular complexity index is 390. The number of nitrogens with two attached hydrogens (primary N) is 1. The Balaban J connectivity index is 2.20. The summed E-state index contributed by atoms with van der Waals surface area (Å²) in [6, 6.07) is 5.55. The molecule has 1 aliphatic heterocycles. The highest BCUT2D eigenvalue weighted by Crippen LogP contribution is 2.32. The molecule has 0 unspecified atom stereocenters. The van der Waals surface area contributed by atoms with Crippen LogP contribution < -0.4 is 20.5 Å². The fourth-order valence-electron chi connectivity index (χ4n) is 1.32. The monoisotopic (exact) mass is 207 g/mol. The minimum atomic E-state index is 0.367. The number of benzene rings is 1. The molecule has 1 heterocycles. The Kier molecular flexibility index (Phi) is 2.62. The first kappa shape index (κ1) is 9.64. The first-order chi connectivity index (χ1) is 7.29. The number of fused-ring (bicyclic) bond motifs is 1. The van der Waals surface area contributed by atoms with E-state index in [1.807, 2.05) is 18.2 Å². The predicted octanol–water partition coefficient (Wildman–Crippen LogP) is 0.814. The molecule has 0 atom stereocenters. The highest BCUT2D eigenvalue weighted by Gasteiger charge is 2.11. The van der Waals surface area contributed by atoms with E-state index in [9.17, 15) is 0 Å². The zero-order valence-corrected chi connectivity index (χ0v) is 8.49. The molecule has 0 fully saturated rings. The molecule has 0 aliphatic carbocycles. The molecule has 0 spiro atoms. The van der Waals surface area contributed by atoms with Gasteiger partial charge in [0.15, 0.2) is 17.5 Å². The van der Waals surface area contributed by atoms with E-state index in [1.54, 1.807) is 7.05 Å². The van der Waals surface area contributed by atoms with Gasteiger partial charge in [-0.15, -0.1) is 0 Å². The second-order valence-corrected chi connectivity index (χ2v) is 3.09. The Hall–Kier alpha value is -1.91. The number of hydrogen-bond acceptors (Lipinski definition) is 3. The fraction of sp³-hybridized carbons (Fsp3) is 0.300. The Labute approximate surface area is 87.9 Å². The maximum Gasteiger partial charge on any atom is 0.192 e. The lowest BCUT2D eigenvalue weighted by Gasteiger charge is -2.19. The van der Waals surface area contributed by atoms with E-state index in [1.165, 1.54) is 0 Å². The van der Waals surface area contributed by atoms with Gasteiger partial charge < -0.3 is 20.5 Å². The summed E-state index contributed by atoms with van der Waals surface area (Å²) in [5.41, 5.74) is 6.38. The molecule has 1 aromatic rings. The number of nitrogens with one attached hydrogen (secondary N) is 1. The van der Waals surface area contributed by atoms with Gasteiger partial charge in [0.1, 0.15) is 13.2 Å². The predicted molar refractivity (Wildman–Crippen MR) is 58.6 cm³/mol. The van der Waals surface area contributed by atoms with E-state index in [2.05, 4.69) is 10.3 Å². The number of nitrogens with zero attached hydrogens (tertiary/aromatic N) is 1. The first-order valence-corrected chi connectivity index (χ1v) is 4.68.